The van der Waals surface area contributed by atoms with Gasteiger partial charge in [-0.15, -0.1) is 0 Å². The van der Waals surface area contributed by atoms with E-state index >= 15 is 0 Å². The maximum Gasteiger partial charge on any atom is 0.162 e. The molecule has 7 rings (SSSR count). The molecule has 200 valence electrons. The van der Waals surface area contributed by atoms with Crippen LogP contribution < -0.4 is 5.32 Å². The fraction of sp³-hybridized carbons (Fsp3) is 0.0645. The Labute approximate surface area is 233 Å². The molecular weight excluding hydrogens is 519 g/mol. The number of H-pyrrole nitrogens is 2. The molecule has 0 spiro atoms. The summed E-state index contributed by atoms with van der Waals surface area (Å²) in [6.45, 7) is 1.44. The van der Waals surface area contributed by atoms with Gasteiger partial charge in [0.2, 0.25) is 0 Å². The van der Waals surface area contributed by atoms with Gasteiger partial charge in [0.1, 0.15) is 22.6 Å². The monoisotopic (exact) mass is 542 g/mol. The number of aromatic amines is 2. The molecule has 0 aliphatic rings. The number of nitrogens with one attached hydrogen (secondary N) is 3. The molecule has 5 aromatic heterocycles. The fourth-order valence-corrected chi connectivity index (χ4v) is 4.88. The molecule has 5 heterocycles. The van der Waals surface area contributed by atoms with Crippen molar-refractivity contribution in [2.24, 2.45) is 0 Å². The van der Waals surface area contributed by atoms with Gasteiger partial charge < -0.3 is 15.4 Å². The zero-order valence-corrected chi connectivity index (χ0v) is 21.6. The van der Waals surface area contributed by atoms with Crippen LogP contribution >= 0.6 is 0 Å². The molecule has 41 heavy (non-hydrogen) atoms. The number of hydrogen-bond donors (Lipinski definition) is 4. The summed E-state index contributed by atoms with van der Waals surface area (Å²) >= 11 is 0. The van der Waals surface area contributed by atoms with Gasteiger partial charge in [-0.25, -0.2) is 19.3 Å². The van der Waals surface area contributed by atoms with Crippen LogP contribution in [0.25, 0.3) is 56.1 Å². The Balaban J connectivity index is 1.21. The minimum atomic E-state index is -0.540. The predicted octanol–water partition coefficient (Wildman–Crippen LogP) is 5.76. The number of hydrogen-bond acceptors (Lipinski definition) is 7. The van der Waals surface area contributed by atoms with E-state index in [-0.39, 0.29) is 5.75 Å². The number of benzene rings is 2. The van der Waals surface area contributed by atoms with E-state index in [0.717, 1.165) is 34.9 Å². The second-order valence-electron chi connectivity index (χ2n) is 9.68. The van der Waals surface area contributed by atoms with Crippen LogP contribution in [0.2, 0.25) is 0 Å². The lowest BCUT2D eigenvalue weighted by atomic mass is 10.1. The van der Waals surface area contributed by atoms with E-state index in [1.807, 2.05) is 36.5 Å². The minimum Gasteiger partial charge on any atom is -0.508 e. The van der Waals surface area contributed by atoms with Crippen LogP contribution in [0.4, 0.5) is 4.39 Å². The van der Waals surface area contributed by atoms with Gasteiger partial charge in [0, 0.05) is 48.9 Å². The largest absolute Gasteiger partial charge is 0.508 e. The first-order chi connectivity index (χ1) is 20.1. The first-order valence-electron chi connectivity index (χ1n) is 13.0. The summed E-state index contributed by atoms with van der Waals surface area (Å²) in [4.78, 5) is 21.7. The SMILES string of the molecule is Oc1cc(F)cc(-c2ccnc3[nH]c(-c4n[nH]c5ccc(-c6cncc(CNCc7ccccc7)c6)nc45)nc23)c1. The average molecular weight is 543 g/mol. The maximum absolute atomic E-state index is 14.0. The molecule has 0 saturated heterocycles. The van der Waals surface area contributed by atoms with Crippen molar-refractivity contribution < 1.29 is 9.50 Å². The predicted molar refractivity (Wildman–Crippen MR) is 154 cm³/mol. The van der Waals surface area contributed by atoms with Gasteiger partial charge >= 0.3 is 0 Å². The van der Waals surface area contributed by atoms with E-state index in [9.17, 15) is 9.50 Å². The average Bonchev–Trinajstić information content (AvgIpc) is 3.61. The lowest BCUT2D eigenvalue weighted by Gasteiger charge is -2.07. The first kappa shape index (κ1) is 24.6. The van der Waals surface area contributed by atoms with E-state index in [2.05, 4.69) is 48.7 Å². The van der Waals surface area contributed by atoms with Gasteiger partial charge in [0.15, 0.2) is 17.2 Å². The molecule has 0 amide bonds. The van der Waals surface area contributed by atoms with Crippen molar-refractivity contribution in [1.29, 1.82) is 0 Å². The minimum absolute atomic E-state index is 0.165. The second-order valence-corrected chi connectivity index (χ2v) is 9.68. The number of aromatic nitrogens is 7. The number of phenolic OH excluding ortho intramolecular Hbond substituents is 1. The molecule has 0 saturated carbocycles. The number of halogens is 1. The molecule has 0 atom stereocenters. The van der Waals surface area contributed by atoms with Crippen LogP contribution in [-0.4, -0.2) is 40.2 Å². The highest BCUT2D eigenvalue weighted by atomic mass is 19.1. The highest BCUT2D eigenvalue weighted by Gasteiger charge is 2.18. The zero-order valence-electron chi connectivity index (χ0n) is 21.6. The number of nitrogens with zero attached hydrogens (tertiary/aromatic N) is 5. The number of imidazole rings is 1. The van der Waals surface area contributed by atoms with Gasteiger partial charge in [-0.2, -0.15) is 5.10 Å². The lowest BCUT2D eigenvalue weighted by molar-refractivity contribution is 0.469. The van der Waals surface area contributed by atoms with Crippen molar-refractivity contribution in [2.45, 2.75) is 13.1 Å². The Hall–Kier alpha value is -5.48. The van der Waals surface area contributed by atoms with E-state index in [0.29, 0.717) is 45.9 Å². The van der Waals surface area contributed by atoms with Crippen molar-refractivity contribution in [3.8, 4) is 39.7 Å². The smallest absolute Gasteiger partial charge is 0.162 e. The normalized spacial score (nSPS) is 11.4. The van der Waals surface area contributed by atoms with E-state index in [1.165, 1.54) is 17.7 Å². The van der Waals surface area contributed by atoms with Crippen molar-refractivity contribution in [3.63, 3.8) is 0 Å². The third-order valence-electron chi connectivity index (χ3n) is 6.80. The number of phenols is 1. The van der Waals surface area contributed by atoms with E-state index in [1.54, 1.807) is 18.5 Å². The van der Waals surface area contributed by atoms with Gasteiger partial charge in [0.25, 0.3) is 0 Å². The Morgan fingerprint density at radius 3 is 2.59 bits per heavy atom. The number of rotatable bonds is 7. The maximum atomic E-state index is 14.0. The van der Waals surface area contributed by atoms with Gasteiger partial charge in [-0.1, -0.05) is 30.3 Å². The van der Waals surface area contributed by atoms with Crippen LogP contribution in [-0.2, 0) is 13.1 Å². The topological polar surface area (TPSA) is 128 Å². The Bertz CT molecular complexity index is 2000. The number of pyridine rings is 3. The third kappa shape index (κ3) is 4.88. The van der Waals surface area contributed by atoms with Gasteiger partial charge in [-0.05, 0) is 53.1 Å². The van der Waals surface area contributed by atoms with Crippen molar-refractivity contribution in [1.82, 2.24) is 40.4 Å². The molecule has 4 N–H and O–H groups in total. The standard InChI is InChI=1S/C31H23FN8O/c32-22-11-20(12-23(41)13-22)24-8-9-35-30-27(24)37-31(38-30)29-28-26(39-40-29)7-6-25(36-28)21-10-19(16-34-17-21)15-33-14-18-4-2-1-3-5-18/h1-13,16-17,33,41H,14-15H2,(H,39,40)(H,35,37,38). The summed E-state index contributed by atoms with van der Waals surface area (Å²) in [5, 5.41) is 20.9. The van der Waals surface area contributed by atoms with Gasteiger partial charge in [0.05, 0.1) is 11.2 Å². The van der Waals surface area contributed by atoms with Gasteiger partial charge in [-0.3, -0.25) is 10.1 Å². The third-order valence-corrected chi connectivity index (χ3v) is 6.80. The quantitative estimate of drug-likeness (QED) is 0.202. The summed E-state index contributed by atoms with van der Waals surface area (Å²) in [7, 11) is 0. The lowest BCUT2D eigenvalue weighted by Crippen LogP contribution is -2.12. The Morgan fingerprint density at radius 2 is 1.71 bits per heavy atom. The second kappa shape index (κ2) is 10.2. The summed E-state index contributed by atoms with van der Waals surface area (Å²) in [6, 6.07) is 21.8. The van der Waals surface area contributed by atoms with E-state index < -0.39 is 5.82 Å². The first-order valence-corrected chi connectivity index (χ1v) is 13.0. The van der Waals surface area contributed by atoms with Crippen molar-refractivity contribution >= 4 is 22.2 Å². The van der Waals surface area contributed by atoms with Crippen LogP contribution in [0.5, 0.6) is 5.75 Å². The Kier molecular flexibility index (Phi) is 6.14. The number of fused-ring (bicyclic) bond motifs is 2. The Morgan fingerprint density at radius 1 is 0.829 bits per heavy atom. The van der Waals surface area contributed by atoms with E-state index in [4.69, 9.17) is 9.97 Å². The molecule has 0 bridgehead atoms. The summed E-state index contributed by atoms with van der Waals surface area (Å²) < 4.78 is 14.0. The highest BCUT2D eigenvalue weighted by Crippen LogP contribution is 2.32. The zero-order chi connectivity index (χ0) is 27.8. The van der Waals surface area contributed by atoms with Crippen LogP contribution in [0, 0.1) is 5.82 Å². The molecule has 0 unspecified atom stereocenters. The molecule has 10 heteroatoms. The number of aromatic hydroxyl groups is 1. The molecule has 0 aliphatic carbocycles. The summed E-state index contributed by atoms with van der Waals surface area (Å²) in [5.41, 5.74) is 7.98. The molecule has 2 aromatic carbocycles. The van der Waals surface area contributed by atoms with Crippen LogP contribution in [0.1, 0.15) is 11.1 Å². The molecule has 7 aromatic rings. The molecule has 9 nitrogen and oxygen atoms in total. The molecular formula is C31H23FN8O. The summed E-state index contributed by atoms with van der Waals surface area (Å²) in [5.74, 6) is -0.240. The van der Waals surface area contributed by atoms with Crippen LogP contribution in [0.15, 0.2) is 91.4 Å². The molecule has 0 aliphatic heterocycles. The fourth-order valence-electron chi connectivity index (χ4n) is 4.88. The molecule has 0 radical (unpaired) electrons. The van der Waals surface area contributed by atoms with Crippen molar-refractivity contribution in [2.75, 3.05) is 0 Å². The van der Waals surface area contributed by atoms with Crippen molar-refractivity contribution in [3.05, 3.63) is 108 Å². The van der Waals surface area contributed by atoms with Crippen LogP contribution in [0.3, 0.4) is 0 Å². The molecule has 0 fully saturated rings. The summed E-state index contributed by atoms with van der Waals surface area (Å²) in [6.07, 6.45) is 5.25. The highest BCUT2D eigenvalue weighted by molar-refractivity contribution is 5.95.